The summed E-state index contributed by atoms with van der Waals surface area (Å²) in [5.74, 6) is -7.31. The zero-order valence-corrected chi connectivity index (χ0v) is 96.8. The maximum Gasteiger partial charge on any atom is 1.00 e. The van der Waals surface area contributed by atoms with E-state index < -0.39 is 47.8 Å². The molecule has 0 fully saturated rings. The Morgan fingerprint density at radius 1 is 0.125 bits per heavy atom. The molecule has 0 aliphatic rings. The van der Waals surface area contributed by atoms with Crippen molar-refractivity contribution in [2.24, 2.45) is 0 Å². The Morgan fingerprint density at radius 2 is 0.183 bits per heavy atom. The van der Waals surface area contributed by atoms with Crippen LogP contribution in [0.1, 0.15) is 466 Å². The van der Waals surface area contributed by atoms with Gasteiger partial charge in [-0.15, -0.1) is 0 Å². The fourth-order valence-corrected chi connectivity index (χ4v) is 9.81. The molecule has 0 saturated heterocycles. The van der Waals surface area contributed by atoms with Gasteiger partial charge in [0.25, 0.3) is 0 Å². The van der Waals surface area contributed by atoms with Crippen molar-refractivity contribution in [3.8, 4) is 0 Å². The average molecular weight is 1680 g/mol. The van der Waals surface area contributed by atoms with Crippen molar-refractivity contribution < 1.29 is 490 Å². The van der Waals surface area contributed by atoms with E-state index in [1.54, 1.807) is 0 Å². The minimum atomic E-state index is -0.913. The van der Waals surface area contributed by atoms with Crippen molar-refractivity contribution in [3.05, 3.63) is 0 Å². The molecule has 0 radical (unpaired) electrons. The number of carboxylic acid groups (broad SMARTS) is 8. The Balaban J connectivity index is -0.0000000601. The van der Waals surface area contributed by atoms with Crippen LogP contribution >= 0.6 is 0 Å². The molecule has 0 aromatic rings. The minimum Gasteiger partial charge on any atom is -0.550 e. The van der Waals surface area contributed by atoms with Crippen LogP contribution in [0.25, 0.3) is 0 Å². The number of hydrogen-bond donors (Lipinski definition) is 0. The Labute approximate surface area is 982 Å². The van der Waals surface area contributed by atoms with E-state index in [1.807, 2.05) is 0 Å². The van der Waals surface area contributed by atoms with Crippen molar-refractivity contribution in [1.82, 2.24) is 0 Å². The molecule has 0 N–H and O–H groups in total. The molecule has 104 heavy (non-hydrogen) atoms. The number of carboxylic acids is 8. The van der Waals surface area contributed by atoms with Gasteiger partial charge in [-0.3, -0.25) is 0 Å². The SMILES string of the molecule is CCCCCCCCCC(=O)[O-].CCCCCCCCCC(=O)[O-].CCCCCCCCCC(=O)[O-].CCCCCCCCCC(=O)[O-].CCCCCCCCCC(=O)[O-].CCCCCCCCCC(=O)[O-].CCCCCCCCCC(=O)[O-].CCCCCCCCCC(=O)[O-].[K+].[K+].[K+].[K+].[K+].[K+].[K+].[K+]. The molecule has 0 aromatic carbocycles. The quantitative estimate of drug-likeness (QED) is 0.0403. The maximum absolute atomic E-state index is 10.0. The largest absolute Gasteiger partial charge is 1.00 e. The van der Waals surface area contributed by atoms with Crippen LogP contribution in [-0.2, 0) is 38.4 Å². The molecule has 0 unspecified atom stereocenters. The number of carbonyl (C=O) groups is 8. The van der Waals surface area contributed by atoms with Crippen LogP contribution in [0, 0.1) is 0 Å². The molecule has 0 heterocycles. The van der Waals surface area contributed by atoms with Crippen LogP contribution in [0.3, 0.4) is 0 Å². The molecule has 0 amide bonds. The first-order valence-corrected chi connectivity index (χ1v) is 39.8. The molecule has 0 aliphatic carbocycles. The van der Waals surface area contributed by atoms with E-state index >= 15 is 0 Å². The standard InChI is InChI=1S/8C10H20O2.8K/c8*1-2-3-4-5-6-7-8-9-10(11)12;;;;;;;;/h8*2-9H2,1H3,(H,11,12);;;;;;;;/q;;;;;;;;8*+1/p-8. The van der Waals surface area contributed by atoms with Crippen molar-refractivity contribution in [2.45, 2.75) is 466 Å². The van der Waals surface area contributed by atoms with Gasteiger partial charge in [-0.25, -0.2) is 0 Å². The summed E-state index contributed by atoms with van der Waals surface area (Å²) < 4.78 is 0. The van der Waals surface area contributed by atoms with Gasteiger partial charge in [0.15, 0.2) is 0 Å². The second-order valence-corrected chi connectivity index (χ2v) is 25.9. The Morgan fingerprint density at radius 3 is 0.240 bits per heavy atom. The molecule has 0 bridgehead atoms. The van der Waals surface area contributed by atoms with Gasteiger partial charge in [0.1, 0.15) is 0 Å². The summed E-state index contributed by atoms with van der Waals surface area (Å²) >= 11 is 0. The molecule has 0 aromatic heterocycles. The summed E-state index contributed by atoms with van der Waals surface area (Å²) in [6.07, 6.45) is 66.7. The van der Waals surface area contributed by atoms with E-state index in [0.29, 0.717) is 0 Å². The van der Waals surface area contributed by atoms with Gasteiger partial charge in [-0.2, -0.15) is 0 Å². The van der Waals surface area contributed by atoms with Crippen molar-refractivity contribution in [3.63, 3.8) is 0 Å². The van der Waals surface area contributed by atoms with Crippen molar-refractivity contribution in [1.29, 1.82) is 0 Å². The number of hydrogen-bond acceptors (Lipinski definition) is 16. The fraction of sp³-hybridized carbons (Fsp3) is 0.900. The number of aliphatic carboxylic acids is 8. The summed E-state index contributed by atoms with van der Waals surface area (Å²) in [6, 6.07) is 0. The predicted octanol–water partition coefficient (Wildman–Crippen LogP) is -8.95. The minimum absolute atomic E-state index is 0. The molecular weight excluding hydrogens is 1530 g/mol. The molecule has 576 valence electrons. The van der Waals surface area contributed by atoms with Crippen LogP contribution in [0.5, 0.6) is 0 Å². The van der Waals surface area contributed by atoms with Gasteiger partial charge in [0, 0.05) is 47.8 Å². The second kappa shape index (κ2) is 147. The number of rotatable bonds is 64. The number of carbonyl (C=O) groups excluding carboxylic acids is 8. The predicted molar refractivity (Wildman–Crippen MR) is 381 cm³/mol. The summed E-state index contributed by atoms with van der Waals surface area (Å²) in [6.45, 7) is 17.5. The van der Waals surface area contributed by atoms with E-state index in [2.05, 4.69) is 55.4 Å². The summed E-state index contributed by atoms with van der Waals surface area (Å²) in [4.78, 5) is 80.2. The molecular formula is C80H152K8O16. The molecule has 24 heteroatoms. The van der Waals surface area contributed by atoms with Crippen molar-refractivity contribution >= 4 is 47.8 Å². The Bertz CT molecular complexity index is 1260. The van der Waals surface area contributed by atoms with Gasteiger partial charge >= 0.3 is 411 Å². The molecule has 0 saturated carbocycles. The monoisotopic (exact) mass is 1680 g/mol. The van der Waals surface area contributed by atoms with Crippen LogP contribution in [0.2, 0.25) is 0 Å². The number of unbranched alkanes of at least 4 members (excludes halogenated alkanes) is 48. The first-order chi connectivity index (χ1) is 46.2. The molecule has 0 aliphatic heterocycles. The zero-order valence-electron chi connectivity index (χ0n) is 71.8. The van der Waals surface area contributed by atoms with Gasteiger partial charge in [0.05, 0.1) is 0 Å². The normalized spacial score (nSPS) is 9.31. The van der Waals surface area contributed by atoms with E-state index in [9.17, 15) is 79.2 Å². The van der Waals surface area contributed by atoms with Gasteiger partial charge in [-0.1, -0.05) is 364 Å². The molecule has 16 nitrogen and oxygen atoms in total. The van der Waals surface area contributed by atoms with Crippen LogP contribution in [0.4, 0.5) is 0 Å². The first-order valence-electron chi connectivity index (χ1n) is 39.8. The van der Waals surface area contributed by atoms with Gasteiger partial charge < -0.3 is 79.2 Å². The third kappa shape index (κ3) is 205. The summed E-state index contributed by atoms with van der Waals surface area (Å²) in [7, 11) is 0. The third-order valence-corrected chi connectivity index (χ3v) is 15.9. The fourth-order valence-electron chi connectivity index (χ4n) is 9.81. The van der Waals surface area contributed by atoms with E-state index in [-0.39, 0.29) is 462 Å². The smallest absolute Gasteiger partial charge is 0.550 e. The molecule has 0 atom stereocenters. The second-order valence-electron chi connectivity index (χ2n) is 25.9. The first kappa shape index (κ1) is 151. The van der Waals surface area contributed by atoms with E-state index in [1.165, 1.54) is 257 Å². The van der Waals surface area contributed by atoms with Crippen LogP contribution in [-0.4, -0.2) is 47.8 Å². The third-order valence-electron chi connectivity index (χ3n) is 15.9. The molecule has 0 rings (SSSR count). The van der Waals surface area contributed by atoms with Crippen molar-refractivity contribution in [2.75, 3.05) is 0 Å². The average Bonchev–Trinajstić information content (AvgIpc) is 3.79. The van der Waals surface area contributed by atoms with Gasteiger partial charge in [0.2, 0.25) is 0 Å². The molecule has 0 spiro atoms. The topological polar surface area (TPSA) is 321 Å². The van der Waals surface area contributed by atoms with Gasteiger partial charge in [-0.05, 0) is 103 Å². The van der Waals surface area contributed by atoms with E-state index in [4.69, 9.17) is 0 Å². The maximum atomic E-state index is 10.0. The summed E-state index contributed by atoms with van der Waals surface area (Å²) in [5.41, 5.74) is 0. The summed E-state index contributed by atoms with van der Waals surface area (Å²) in [5, 5.41) is 80.2. The van der Waals surface area contributed by atoms with Crippen LogP contribution < -0.4 is 452 Å². The Kier molecular flexibility index (Phi) is 212. The van der Waals surface area contributed by atoms with Crippen LogP contribution in [0.15, 0.2) is 0 Å². The van der Waals surface area contributed by atoms with E-state index in [0.717, 1.165) is 103 Å². The Hall–Kier alpha value is 8.85. The zero-order chi connectivity index (χ0) is 73.9.